The van der Waals surface area contributed by atoms with Gasteiger partial charge in [0.05, 0.1) is 5.56 Å². The zero-order valence-corrected chi connectivity index (χ0v) is 13.1. The summed E-state index contributed by atoms with van der Waals surface area (Å²) in [4.78, 5) is 12.5. The topological polar surface area (TPSA) is 49.3 Å². The molecule has 2 N–H and O–H groups in total. The van der Waals surface area contributed by atoms with Crippen molar-refractivity contribution in [3.8, 4) is 0 Å². The second-order valence-electron chi connectivity index (χ2n) is 5.69. The predicted molar refractivity (Wildman–Crippen MR) is 78.9 cm³/mol. The van der Waals surface area contributed by atoms with Crippen LogP contribution in [0, 0.1) is 0 Å². The van der Waals surface area contributed by atoms with Gasteiger partial charge >= 0.3 is 6.18 Å². The Labute approximate surface area is 133 Å². The second kappa shape index (κ2) is 6.18. The molecule has 0 aliphatic heterocycles. The lowest BCUT2D eigenvalue weighted by Crippen LogP contribution is -2.59. The van der Waals surface area contributed by atoms with Crippen molar-refractivity contribution in [3.63, 3.8) is 0 Å². The molecule has 1 aliphatic rings. The standard InChI is InChI=1S/C15H18F3NO2.ClH/c1-13(21)8-3-9-14(19-2,12(13)20)10-4-6-11(7-5-10)15(16,17)18;/h4-7,19,21H,3,8-9H2,1-2H3;1H/t13-,14-;/m1./s1. The molecule has 1 saturated carbocycles. The van der Waals surface area contributed by atoms with Crippen LogP contribution < -0.4 is 5.32 Å². The summed E-state index contributed by atoms with van der Waals surface area (Å²) in [7, 11) is 1.58. The quantitative estimate of drug-likeness (QED) is 0.872. The first-order chi connectivity index (χ1) is 9.63. The molecule has 0 unspecified atom stereocenters. The number of rotatable bonds is 2. The number of halogens is 4. The van der Waals surface area contributed by atoms with E-state index in [0.29, 0.717) is 24.8 Å². The van der Waals surface area contributed by atoms with Crippen molar-refractivity contribution in [1.82, 2.24) is 5.32 Å². The van der Waals surface area contributed by atoms with Crippen molar-refractivity contribution in [2.45, 2.75) is 43.5 Å². The molecule has 124 valence electrons. The largest absolute Gasteiger partial charge is 0.416 e. The third-order valence-electron chi connectivity index (χ3n) is 4.22. The fourth-order valence-electron chi connectivity index (χ4n) is 2.99. The normalized spacial score (nSPS) is 29.1. The molecule has 0 aromatic heterocycles. The molecule has 3 nitrogen and oxygen atoms in total. The van der Waals surface area contributed by atoms with Gasteiger partial charge < -0.3 is 10.4 Å². The van der Waals surface area contributed by atoms with E-state index in [-0.39, 0.29) is 12.4 Å². The SMILES string of the molecule is CN[C@@]1(c2ccc(C(F)(F)F)cc2)CCC[C@@](C)(O)C1=O.Cl. The first kappa shape index (κ1) is 18.9. The molecule has 0 bridgehead atoms. The highest BCUT2D eigenvalue weighted by atomic mass is 35.5. The van der Waals surface area contributed by atoms with Crippen LogP contribution in [0.25, 0.3) is 0 Å². The first-order valence-electron chi connectivity index (χ1n) is 6.77. The number of benzene rings is 1. The number of carbonyl (C=O) groups is 1. The molecule has 22 heavy (non-hydrogen) atoms. The Kier molecular flexibility index (Phi) is 5.32. The summed E-state index contributed by atoms with van der Waals surface area (Å²) in [5.74, 6) is -0.400. The Morgan fingerprint density at radius 2 is 1.73 bits per heavy atom. The van der Waals surface area contributed by atoms with Crippen molar-refractivity contribution in [3.05, 3.63) is 35.4 Å². The van der Waals surface area contributed by atoms with Gasteiger partial charge in [0.2, 0.25) is 0 Å². The van der Waals surface area contributed by atoms with E-state index in [0.717, 1.165) is 12.1 Å². The number of Topliss-reactive ketones (excluding diaryl/α,β-unsaturated/α-hetero) is 1. The second-order valence-corrected chi connectivity index (χ2v) is 5.69. The van der Waals surface area contributed by atoms with Gasteiger partial charge in [-0.2, -0.15) is 13.2 Å². The Morgan fingerprint density at radius 1 is 1.18 bits per heavy atom. The van der Waals surface area contributed by atoms with Crippen LogP contribution >= 0.6 is 12.4 Å². The number of hydrogen-bond acceptors (Lipinski definition) is 3. The molecule has 1 fully saturated rings. The summed E-state index contributed by atoms with van der Waals surface area (Å²) in [6.45, 7) is 1.45. The molecule has 0 heterocycles. The van der Waals surface area contributed by atoms with Crippen LogP contribution in [-0.2, 0) is 16.5 Å². The van der Waals surface area contributed by atoms with Crippen molar-refractivity contribution < 1.29 is 23.1 Å². The van der Waals surface area contributed by atoms with Crippen LogP contribution in [0.1, 0.15) is 37.3 Å². The molecule has 1 aromatic carbocycles. The summed E-state index contributed by atoms with van der Waals surface area (Å²) in [6.07, 6.45) is -2.99. The minimum atomic E-state index is -4.41. The fraction of sp³-hybridized carbons (Fsp3) is 0.533. The molecular formula is C15H19ClF3NO2. The van der Waals surface area contributed by atoms with Crippen LogP contribution in [0.15, 0.2) is 24.3 Å². The van der Waals surface area contributed by atoms with E-state index in [1.807, 2.05) is 0 Å². The number of carbonyl (C=O) groups excluding carboxylic acids is 1. The lowest BCUT2D eigenvalue weighted by atomic mass is 9.69. The summed E-state index contributed by atoms with van der Waals surface area (Å²) in [5.41, 5.74) is -2.91. The smallest absolute Gasteiger partial charge is 0.382 e. The van der Waals surface area contributed by atoms with E-state index >= 15 is 0 Å². The van der Waals surface area contributed by atoms with Gasteiger partial charge in [-0.3, -0.25) is 4.79 Å². The van der Waals surface area contributed by atoms with E-state index < -0.39 is 28.7 Å². The van der Waals surface area contributed by atoms with Crippen molar-refractivity contribution in [1.29, 1.82) is 0 Å². The minimum Gasteiger partial charge on any atom is -0.382 e. The number of likely N-dealkylation sites (N-methyl/N-ethyl adjacent to an activating group) is 1. The van der Waals surface area contributed by atoms with Crippen molar-refractivity contribution in [2.24, 2.45) is 0 Å². The lowest BCUT2D eigenvalue weighted by molar-refractivity contribution is -0.148. The van der Waals surface area contributed by atoms with Crippen LogP contribution in [0.3, 0.4) is 0 Å². The highest BCUT2D eigenvalue weighted by Gasteiger charge is 2.50. The van der Waals surface area contributed by atoms with Gasteiger partial charge in [-0.05, 0) is 50.9 Å². The van der Waals surface area contributed by atoms with Crippen molar-refractivity contribution in [2.75, 3.05) is 7.05 Å². The minimum absolute atomic E-state index is 0. The molecule has 7 heteroatoms. The zero-order valence-electron chi connectivity index (χ0n) is 12.3. The van der Waals surface area contributed by atoms with Gasteiger partial charge in [0.25, 0.3) is 0 Å². The van der Waals surface area contributed by atoms with E-state index in [1.165, 1.54) is 19.1 Å². The Hall–Kier alpha value is -1.11. The number of hydrogen-bond donors (Lipinski definition) is 2. The van der Waals surface area contributed by atoms with Gasteiger partial charge in [-0.15, -0.1) is 12.4 Å². The summed E-state index contributed by atoms with van der Waals surface area (Å²) in [5, 5.41) is 13.1. The van der Waals surface area contributed by atoms with Crippen LogP contribution in [0.4, 0.5) is 13.2 Å². The maximum atomic E-state index is 12.6. The van der Waals surface area contributed by atoms with Crippen molar-refractivity contribution >= 4 is 18.2 Å². The zero-order chi connectivity index (χ0) is 15.9. The monoisotopic (exact) mass is 337 g/mol. The molecule has 0 saturated heterocycles. The van der Waals surface area contributed by atoms with Crippen LogP contribution in [0.5, 0.6) is 0 Å². The summed E-state index contributed by atoms with van der Waals surface area (Å²) < 4.78 is 37.8. The van der Waals surface area contributed by atoms with Gasteiger partial charge in [0.15, 0.2) is 5.78 Å². The summed E-state index contributed by atoms with van der Waals surface area (Å²) >= 11 is 0. The van der Waals surface area contributed by atoms with E-state index in [2.05, 4.69) is 5.32 Å². The van der Waals surface area contributed by atoms with E-state index in [1.54, 1.807) is 7.05 Å². The Balaban J connectivity index is 0.00000242. The Bertz CT molecular complexity index is 543. The van der Waals surface area contributed by atoms with E-state index in [4.69, 9.17) is 0 Å². The summed E-state index contributed by atoms with van der Waals surface area (Å²) in [6, 6.07) is 4.54. The number of alkyl halides is 3. The van der Waals surface area contributed by atoms with Gasteiger partial charge in [-0.25, -0.2) is 0 Å². The molecule has 0 radical (unpaired) electrons. The third kappa shape index (κ3) is 3.14. The third-order valence-corrected chi connectivity index (χ3v) is 4.22. The predicted octanol–water partition coefficient (Wildman–Crippen LogP) is 3.05. The van der Waals surface area contributed by atoms with Crippen LogP contribution in [-0.4, -0.2) is 23.5 Å². The van der Waals surface area contributed by atoms with Gasteiger partial charge in [0.1, 0.15) is 11.1 Å². The molecule has 1 aliphatic carbocycles. The first-order valence-corrected chi connectivity index (χ1v) is 6.77. The molecular weight excluding hydrogens is 319 g/mol. The number of aliphatic hydroxyl groups is 1. The number of nitrogens with one attached hydrogen (secondary N) is 1. The number of ketones is 1. The lowest BCUT2D eigenvalue weighted by Gasteiger charge is -2.42. The average Bonchev–Trinajstić information content (AvgIpc) is 2.41. The maximum absolute atomic E-state index is 12.6. The molecule has 2 rings (SSSR count). The molecule has 1 aromatic rings. The fourth-order valence-corrected chi connectivity index (χ4v) is 2.99. The highest BCUT2D eigenvalue weighted by molar-refractivity contribution is 5.96. The molecule has 0 spiro atoms. The van der Waals surface area contributed by atoms with Gasteiger partial charge in [0, 0.05) is 0 Å². The van der Waals surface area contributed by atoms with Gasteiger partial charge in [-0.1, -0.05) is 12.1 Å². The van der Waals surface area contributed by atoms with Crippen LogP contribution in [0.2, 0.25) is 0 Å². The molecule has 2 atom stereocenters. The molecule has 0 amide bonds. The Morgan fingerprint density at radius 3 is 2.18 bits per heavy atom. The maximum Gasteiger partial charge on any atom is 0.416 e. The van der Waals surface area contributed by atoms with E-state index in [9.17, 15) is 23.1 Å². The highest BCUT2D eigenvalue weighted by Crippen LogP contribution is 2.39. The average molecular weight is 338 g/mol.